The van der Waals surface area contributed by atoms with Gasteiger partial charge in [-0.2, -0.15) is 0 Å². The van der Waals surface area contributed by atoms with Gasteiger partial charge in [0.2, 0.25) is 0 Å². The molecular weight excluding hydrogens is 174 g/mol. The smallest absolute Gasteiger partial charge is 0.328 e. The Labute approximate surface area is 73.5 Å². The first-order chi connectivity index (χ1) is 6.09. The largest absolute Gasteiger partial charge is 0.478 e. The first kappa shape index (κ1) is 9.05. The number of nitrogens with two attached hydrogens (primary N) is 1. The summed E-state index contributed by atoms with van der Waals surface area (Å²) in [6.45, 7) is 0. The maximum absolute atomic E-state index is 10.5. The van der Waals surface area contributed by atoms with Crippen LogP contribution in [0.5, 0.6) is 0 Å². The molecule has 0 aliphatic heterocycles. The van der Waals surface area contributed by atoms with Crippen LogP contribution in [0.4, 0.5) is 0 Å². The van der Waals surface area contributed by atoms with Gasteiger partial charge < -0.3 is 15.3 Å². The summed E-state index contributed by atoms with van der Waals surface area (Å²) in [5.41, 5.74) is 4.91. The fraction of sp³-hybridized carbons (Fsp3) is 0. The molecule has 1 aromatic heterocycles. The fourth-order valence-corrected chi connectivity index (χ4v) is 0.728. The van der Waals surface area contributed by atoms with Crippen LogP contribution in [-0.2, 0) is 4.79 Å². The molecular formula is C8H7NO4. The molecule has 1 heterocycles. The second-order valence-electron chi connectivity index (χ2n) is 2.24. The second kappa shape index (κ2) is 3.57. The van der Waals surface area contributed by atoms with E-state index in [1.165, 1.54) is 18.2 Å². The average molecular weight is 181 g/mol. The summed E-state index contributed by atoms with van der Waals surface area (Å²) in [7, 11) is 0. The molecule has 0 radical (unpaired) electrons. The molecule has 5 nitrogen and oxygen atoms in total. The molecule has 1 aromatic rings. The van der Waals surface area contributed by atoms with E-state index in [2.05, 4.69) is 0 Å². The Morgan fingerprint density at radius 2 is 2.15 bits per heavy atom. The van der Waals surface area contributed by atoms with Crippen LogP contribution in [0.3, 0.4) is 0 Å². The molecule has 3 N–H and O–H groups in total. The number of carbonyl (C=O) groups excluding carboxylic acids is 1. The quantitative estimate of drug-likeness (QED) is 0.663. The van der Waals surface area contributed by atoms with Gasteiger partial charge in [-0.15, -0.1) is 0 Å². The Morgan fingerprint density at radius 1 is 1.46 bits per heavy atom. The molecule has 68 valence electrons. The number of carbonyl (C=O) groups is 2. The molecule has 0 fully saturated rings. The zero-order valence-corrected chi connectivity index (χ0v) is 6.56. The zero-order valence-electron chi connectivity index (χ0n) is 6.56. The van der Waals surface area contributed by atoms with Gasteiger partial charge in [0, 0.05) is 6.08 Å². The van der Waals surface area contributed by atoms with Gasteiger partial charge in [-0.3, -0.25) is 4.79 Å². The molecule has 0 spiro atoms. The standard InChI is InChI=1S/C8H7NO4/c9-8(12)6-3-1-5(13-6)2-4-7(10)11/h1-4H,(H2,9,12)(H,10,11)/b4-2+. The molecule has 0 bridgehead atoms. The number of carboxylic acid groups (broad SMARTS) is 1. The number of amides is 1. The van der Waals surface area contributed by atoms with Crippen molar-refractivity contribution in [2.24, 2.45) is 5.73 Å². The van der Waals surface area contributed by atoms with Crippen molar-refractivity contribution in [3.05, 3.63) is 29.7 Å². The van der Waals surface area contributed by atoms with Crippen LogP contribution in [-0.4, -0.2) is 17.0 Å². The lowest BCUT2D eigenvalue weighted by atomic mass is 10.4. The van der Waals surface area contributed by atoms with E-state index < -0.39 is 11.9 Å². The van der Waals surface area contributed by atoms with E-state index in [1.807, 2.05) is 0 Å². The van der Waals surface area contributed by atoms with Crippen molar-refractivity contribution in [3.8, 4) is 0 Å². The predicted octanol–water partition coefficient (Wildman–Crippen LogP) is 0.476. The highest BCUT2D eigenvalue weighted by Gasteiger charge is 2.04. The minimum absolute atomic E-state index is 0.00467. The van der Waals surface area contributed by atoms with E-state index >= 15 is 0 Å². The third kappa shape index (κ3) is 2.48. The van der Waals surface area contributed by atoms with Gasteiger partial charge in [-0.05, 0) is 18.2 Å². The first-order valence-electron chi connectivity index (χ1n) is 3.40. The van der Waals surface area contributed by atoms with Crippen LogP contribution < -0.4 is 5.73 Å². The summed E-state index contributed by atoms with van der Waals surface area (Å²) in [6, 6.07) is 2.84. The number of hydrogen-bond acceptors (Lipinski definition) is 3. The Morgan fingerprint density at radius 3 is 2.62 bits per heavy atom. The molecule has 0 unspecified atom stereocenters. The van der Waals surface area contributed by atoms with E-state index in [1.54, 1.807) is 0 Å². The molecule has 0 aliphatic carbocycles. The molecule has 0 saturated carbocycles. The molecule has 1 amide bonds. The molecule has 13 heavy (non-hydrogen) atoms. The van der Waals surface area contributed by atoms with Gasteiger partial charge in [0.05, 0.1) is 0 Å². The summed E-state index contributed by atoms with van der Waals surface area (Å²) in [5, 5.41) is 8.27. The minimum Gasteiger partial charge on any atom is -0.478 e. The van der Waals surface area contributed by atoms with Gasteiger partial charge in [0.1, 0.15) is 5.76 Å². The second-order valence-corrected chi connectivity index (χ2v) is 2.24. The van der Waals surface area contributed by atoms with Gasteiger partial charge in [-0.1, -0.05) is 0 Å². The molecule has 1 rings (SSSR count). The highest BCUT2D eigenvalue weighted by Crippen LogP contribution is 2.08. The van der Waals surface area contributed by atoms with Gasteiger partial charge in [-0.25, -0.2) is 4.79 Å². The van der Waals surface area contributed by atoms with Crippen molar-refractivity contribution in [2.75, 3.05) is 0 Å². The van der Waals surface area contributed by atoms with Crippen LogP contribution in [0.15, 0.2) is 22.6 Å². The predicted molar refractivity (Wildman–Crippen MR) is 43.9 cm³/mol. The van der Waals surface area contributed by atoms with Crippen molar-refractivity contribution in [2.45, 2.75) is 0 Å². The summed E-state index contributed by atoms with van der Waals surface area (Å²) < 4.78 is 4.87. The van der Waals surface area contributed by atoms with Crippen molar-refractivity contribution in [3.63, 3.8) is 0 Å². The van der Waals surface area contributed by atoms with E-state index in [9.17, 15) is 9.59 Å². The average Bonchev–Trinajstić information content (AvgIpc) is 2.48. The SMILES string of the molecule is NC(=O)c1ccc(/C=C/C(=O)O)o1. The van der Waals surface area contributed by atoms with E-state index in [0.29, 0.717) is 0 Å². The van der Waals surface area contributed by atoms with Crippen molar-refractivity contribution in [1.82, 2.24) is 0 Å². The zero-order chi connectivity index (χ0) is 9.84. The van der Waals surface area contributed by atoms with Gasteiger partial charge in [0.25, 0.3) is 5.91 Å². The Hall–Kier alpha value is -2.04. The van der Waals surface area contributed by atoms with Gasteiger partial charge >= 0.3 is 5.97 Å². The lowest BCUT2D eigenvalue weighted by molar-refractivity contribution is -0.131. The maximum Gasteiger partial charge on any atom is 0.328 e. The van der Waals surface area contributed by atoms with Crippen molar-refractivity contribution in [1.29, 1.82) is 0 Å². The van der Waals surface area contributed by atoms with Crippen LogP contribution in [0.1, 0.15) is 16.3 Å². The highest BCUT2D eigenvalue weighted by atomic mass is 16.4. The Kier molecular flexibility index (Phi) is 2.49. The van der Waals surface area contributed by atoms with E-state index in [4.69, 9.17) is 15.3 Å². The molecule has 5 heteroatoms. The molecule has 0 aromatic carbocycles. The Bertz CT molecular complexity index is 364. The summed E-state index contributed by atoms with van der Waals surface area (Å²) in [6.07, 6.45) is 2.14. The number of carboxylic acids is 1. The minimum atomic E-state index is -1.09. The van der Waals surface area contributed by atoms with Crippen LogP contribution in [0.25, 0.3) is 6.08 Å². The number of rotatable bonds is 3. The number of furan rings is 1. The van der Waals surface area contributed by atoms with Crippen LogP contribution in [0.2, 0.25) is 0 Å². The topological polar surface area (TPSA) is 93.5 Å². The number of aliphatic carboxylic acids is 1. The van der Waals surface area contributed by atoms with Crippen molar-refractivity contribution < 1.29 is 19.1 Å². The third-order valence-electron chi connectivity index (χ3n) is 1.26. The van der Waals surface area contributed by atoms with Crippen molar-refractivity contribution >= 4 is 18.0 Å². The normalized spacial score (nSPS) is 10.5. The number of primary amides is 1. The van der Waals surface area contributed by atoms with Gasteiger partial charge in [0.15, 0.2) is 5.76 Å². The fourth-order valence-electron chi connectivity index (χ4n) is 0.728. The summed E-state index contributed by atoms with van der Waals surface area (Å²) >= 11 is 0. The monoisotopic (exact) mass is 181 g/mol. The first-order valence-corrected chi connectivity index (χ1v) is 3.40. The highest BCUT2D eigenvalue weighted by molar-refractivity contribution is 5.90. The lowest BCUT2D eigenvalue weighted by Gasteiger charge is -1.85. The molecule has 0 aliphatic rings. The third-order valence-corrected chi connectivity index (χ3v) is 1.26. The summed E-state index contributed by atoms with van der Waals surface area (Å²) in [4.78, 5) is 20.6. The Balaban J connectivity index is 2.80. The van der Waals surface area contributed by atoms with E-state index in [-0.39, 0.29) is 11.5 Å². The lowest BCUT2D eigenvalue weighted by Crippen LogP contribution is -2.09. The van der Waals surface area contributed by atoms with Crippen LogP contribution >= 0.6 is 0 Å². The molecule has 0 atom stereocenters. The van der Waals surface area contributed by atoms with E-state index in [0.717, 1.165) is 6.08 Å². The summed E-state index contributed by atoms with van der Waals surface area (Å²) in [5.74, 6) is -1.49. The number of hydrogen-bond donors (Lipinski definition) is 2. The maximum atomic E-state index is 10.5. The molecule has 0 saturated heterocycles. The van der Waals surface area contributed by atoms with Crippen LogP contribution in [0, 0.1) is 0 Å².